The fourth-order valence-corrected chi connectivity index (χ4v) is 2.84. The Bertz CT molecular complexity index is 1170. The van der Waals surface area contributed by atoms with E-state index < -0.39 is 65.4 Å². The van der Waals surface area contributed by atoms with Gasteiger partial charge in [0, 0.05) is 12.4 Å². The minimum absolute atomic E-state index is 0. The lowest BCUT2D eigenvalue weighted by Gasteiger charge is -2.22. The molecule has 0 fully saturated rings. The summed E-state index contributed by atoms with van der Waals surface area (Å²) in [6.07, 6.45) is -0.630. The lowest BCUT2D eigenvalue weighted by molar-refractivity contribution is -0.120. The highest BCUT2D eigenvalue weighted by atomic mass is 79.9. The first-order valence-electron chi connectivity index (χ1n) is 9.52. The second-order valence-corrected chi connectivity index (χ2v) is 6.82. The van der Waals surface area contributed by atoms with Crippen LogP contribution < -0.4 is 10.6 Å². The van der Waals surface area contributed by atoms with Gasteiger partial charge in [-0.15, -0.1) is 17.0 Å². The Hall–Kier alpha value is -3.66. The maximum Gasteiger partial charge on any atom is 0.306 e. The molecule has 1 unspecified atom stereocenters. The van der Waals surface area contributed by atoms with Crippen molar-refractivity contribution in [3.8, 4) is 6.07 Å². The molecule has 1 aliphatic rings. The number of allylic oxidation sites excluding steroid dienone is 1. The van der Waals surface area contributed by atoms with Crippen molar-refractivity contribution in [2.45, 2.75) is 25.1 Å². The largest absolute Gasteiger partial charge is 0.364 e. The number of nitriles is 1. The molecule has 0 saturated heterocycles. The van der Waals surface area contributed by atoms with Crippen molar-refractivity contribution in [2.75, 3.05) is 6.54 Å². The topological polar surface area (TPSA) is 120 Å². The smallest absolute Gasteiger partial charge is 0.306 e. The van der Waals surface area contributed by atoms with Crippen LogP contribution in [0.5, 0.6) is 0 Å². The van der Waals surface area contributed by atoms with E-state index >= 15 is 0 Å². The number of carbonyl (C=O) groups is 2. The molecule has 2 aromatic rings. The van der Waals surface area contributed by atoms with E-state index in [4.69, 9.17) is 0 Å². The van der Waals surface area contributed by atoms with E-state index in [2.05, 4.69) is 25.6 Å². The molecule has 1 aliphatic heterocycles. The van der Waals surface area contributed by atoms with Crippen LogP contribution in [0.1, 0.15) is 17.8 Å². The van der Waals surface area contributed by atoms with Crippen molar-refractivity contribution < 1.29 is 27.2 Å². The van der Waals surface area contributed by atoms with E-state index in [0.717, 1.165) is 12.1 Å². The van der Waals surface area contributed by atoms with Crippen LogP contribution in [0.25, 0.3) is 0 Å². The van der Waals surface area contributed by atoms with Gasteiger partial charge in [-0.3, -0.25) is 19.6 Å². The van der Waals surface area contributed by atoms with Gasteiger partial charge in [0.15, 0.2) is 0 Å². The molecule has 1 amide bonds. The first kappa shape index (κ1) is 26.6. The number of pyridine rings is 2. The van der Waals surface area contributed by atoms with E-state index in [1.807, 2.05) is 0 Å². The molecular weight excluding hydrogens is 524 g/mol. The van der Waals surface area contributed by atoms with E-state index in [-0.39, 0.29) is 29.2 Å². The maximum absolute atomic E-state index is 14.4. The summed E-state index contributed by atoms with van der Waals surface area (Å²) in [6, 6.07) is 7.88. The van der Waals surface area contributed by atoms with E-state index in [0.29, 0.717) is 0 Å². The Labute approximate surface area is 201 Å². The van der Waals surface area contributed by atoms with E-state index in [1.165, 1.54) is 36.7 Å². The number of halogens is 5. The number of aliphatic imine (C=N–C) groups is 1. The number of nitrogens with one attached hydrogen (secondary N) is 2. The van der Waals surface area contributed by atoms with Crippen molar-refractivity contribution in [3.63, 3.8) is 0 Å². The number of aromatic nitrogens is 2. The molecule has 0 saturated carbocycles. The standard InChI is InChI=1S/C21H16F4N6O2.BrH/c22-13-4-3-7-27-15(13)10-29-17(32)8-14-12(9-26)19(33)18(23)20(31-14)30-11-21(24,25)16-5-1-2-6-28-16;/h1-7,18H,8,10-11H2,(H,29,32)(H,30,31);1H. The van der Waals surface area contributed by atoms with E-state index in [1.54, 1.807) is 0 Å². The van der Waals surface area contributed by atoms with Gasteiger partial charge >= 0.3 is 5.92 Å². The van der Waals surface area contributed by atoms with Gasteiger partial charge in [0.2, 0.25) is 17.9 Å². The van der Waals surface area contributed by atoms with Gasteiger partial charge in [-0.25, -0.2) is 13.8 Å². The van der Waals surface area contributed by atoms with Crippen molar-refractivity contribution in [1.29, 1.82) is 5.26 Å². The van der Waals surface area contributed by atoms with Gasteiger partial charge in [0.25, 0.3) is 0 Å². The molecule has 0 aliphatic carbocycles. The number of nitrogens with zero attached hydrogens (tertiary/aromatic N) is 4. The first-order valence-corrected chi connectivity index (χ1v) is 9.52. The van der Waals surface area contributed by atoms with Gasteiger partial charge in [0.05, 0.1) is 30.9 Å². The third kappa shape index (κ3) is 6.22. The number of ketones is 1. The van der Waals surface area contributed by atoms with Crippen molar-refractivity contribution >= 4 is 34.5 Å². The summed E-state index contributed by atoms with van der Waals surface area (Å²) in [7, 11) is 0. The maximum atomic E-state index is 14.4. The number of rotatable bonds is 7. The number of carbonyl (C=O) groups excluding carboxylic acids is 2. The molecule has 3 rings (SSSR count). The van der Waals surface area contributed by atoms with Crippen molar-refractivity contribution in [3.05, 3.63) is 71.2 Å². The van der Waals surface area contributed by atoms with Gasteiger partial charge < -0.3 is 10.6 Å². The Balaban J connectivity index is 0.00000408. The van der Waals surface area contributed by atoms with Gasteiger partial charge in [-0.1, -0.05) is 6.07 Å². The summed E-state index contributed by atoms with van der Waals surface area (Å²) in [5, 5.41) is 13.6. The lowest BCUT2D eigenvalue weighted by Crippen LogP contribution is -2.44. The summed E-state index contributed by atoms with van der Waals surface area (Å²) in [5.41, 5.74) is -1.74. The summed E-state index contributed by atoms with van der Waals surface area (Å²) < 4.78 is 56.7. The molecule has 2 N–H and O–H groups in total. The minimum Gasteiger partial charge on any atom is -0.364 e. The molecule has 0 aromatic carbocycles. The molecule has 1 atom stereocenters. The van der Waals surface area contributed by atoms with Crippen LogP contribution in [-0.4, -0.2) is 40.2 Å². The molecule has 3 heterocycles. The predicted molar refractivity (Wildman–Crippen MR) is 117 cm³/mol. The number of hydrogen-bond donors (Lipinski definition) is 2. The van der Waals surface area contributed by atoms with Gasteiger partial charge in [-0.2, -0.15) is 14.0 Å². The predicted octanol–water partition coefficient (Wildman–Crippen LogP) is 2.68. The monoisotopic (exact) mass is 540 g/mol. The molecule has 8 nitrogen and oxygen atoms in total. The second-order valence-electron chi connectivity index (χ2n) is 6.82. The third-order valence-electron chi connectivity index (χ3n) is 4.52. The minimum atomic E-state index is -3.52. The summed E-state index contributed by atoms with van der Waals surface area (Å²) in [6.45, 7) is -1.41. The van der Waals surface area contributed by atoms with Crippen LogP contribution in [0.15, 0.2) is 59.0 Å². The normalized spacial score (nSPS) is 15.7. The lowest BCUT2D eigenvalue weighted by atomic mass is 10.0. The molecule has 0 bridgehead atoms. The number of hydrogen-bond acceptors (Lipinski definition) is 7. The number of amides is 1. The van der Waals surface area contributed by atoms with Gasteiger partial charge in [0.1, 0.15) is 29.0 Å². The zero-order chi connectivity index (χ0) is 24.0. The highest BCUT2D eigenvalue weighted by Gasteiger charge is 2.38. The molecule has 34 heavy (non-hydrogen) atoms. The Morgan fingerprint density at radius 2 is 1.91 bits per heavy atom. The van der Waals surface area contributed by atoms with Crippen LogP contribution in [-0.2, 0) is 22.1 Å². The Morgan fingerprint density at radius 3 is 2.56 bits per heavy atom. The fraction of sp³-hybridized carbons (Fsp3) is 0.238. The van der Waals surface area contributed by atoms with Crippen LogP contribution in [0.4, 0.5) is 17.6 Å². The molecule has 178 valence electrons. The average molecular weight is 541 g/mol. The summed E-state index contributed by atoms with van der Waals surface area (Å²) in [4.78, 5) is 35.5. The van der Waals surface area contributed by atoms with Crippen molar-refractivity contribution in [1.82, 2.24) is 20.6 Å². The zero-order valence-corrected chi connectivity index (χ0v) is 19.0. The summed E-state index contributed by atoms with van der Waals surface area (Å²) >= 11 is 0. The van der Waals surface area contributed by atoms with Gasteiger partial charge in [-0.05, 0) is 24.3 Å². The molecular formula is C21H17BrF4N6O2. The molecule has 13 heteroatoms. The third-order valence-corrected chi connectivity index (χ3v) is 4.52. The number of amidine groups is 1. The molecule has 2 aromatic heterocycles. The summed E-state index contributed by atoms with van der Waals surface area (Å²) in [5.74, 6) is -7.00. The number of alkyl halides is 3. The van der Waals surface area contributed by atoms with Crippen LogP contribution in [0.3, 0.4) is 0 Å². The Kier molecular flexibility index (Phi) is 8.97. The van der Waals surface area contributed by atoms with Crippen LogP contribution >= 0.6 is 17.0 Å². The van der Waals surface area contributed by atoms with Crippen LogP contribution in [0, 0.1) is 17.1 Å². The molecule has 0 spiro atoms. The number of Topliss-reactive ketones (excluding diaryl/α,β-unsaturated/α-hetero) is 1. The highest BCUT2D eigenvalue weighted by molar-refractivity contribution is 8.93. The fourth-order valence-electron chi connectivity index (χ4n) is 2.84. The van der Waals surface area contributed by atoms with E-state index in [9.17, 15) is 32.4 Å². The Morgan fingerprint density at radius 1 is 1.18 bits per heavy atom. The second kappa shape index (κ2) is 11.5. The zero-order valence-electron chi connectivity index (χ0n) is 17.3. The SMILES string of the molecule is Br.N#CC1=C(CC(=O)NCc2ncccc2F)N=C(NCC(F)(F)c2ccccn2)C(F)C1=O. The first-order chi connectivity index (χ1) is 15.7. The van der Waals surface area contributed by atoms with Crippen LogP contribution in [0.2, 0.25) is 0 Å². The average Bonchev–Trinajstić information content (AvgIpc) is 2.81. The quantitative estimate of drug-likeness (QED) is 0.521. The van der Waals surface area contributed by atoms with Crippen molar-refractivity contribution in [2.24, 2.45) is 4.99 Å². The highest BCUT2D eigenvalue weighted by Crippen LogP contribution is 2.26. The molecule has 0 radical (unpaired) electrons.